The summed E-state index contributed by atoms with van der Waals surface area (Å²) < 4.78 is 0. The minimum atomic E-state index is 0.981. The maximum atomic E-state index is 5.34. The fourth-order valence-electron chi connectivity index (χ4n) is 5.95. The monoisotopic (exact) mass is 508 g/mol. The molecule has 40 heavy (non-hydrogen) atoms. The van der Waals surface area contributed by atoms with Crippen LogP contribution in [0.5, 0.6) is 0 Å². The molecule has 0 aliphatic heterocycles. The number of pyridine rings is 2. The molecule has 2 heterocycles. The molecule has 0 N–H and O–H groups in total. The summed E-state index contributed by atoms with van der Waals surface area (Å²) >= 11 is 0. The molecule has 2 nitrogen and oxygen atoms in total. The smallest absolute Gasteiger partial charge is 0.0788 e. The van der Waals surface area contributed by atoms with Gasteiger partial charge in [0.25, 0.3) is 0 Å². The predicted molar refractivity (Wildman–Crippen MR) is 168 cm³/mol. The molecule has 0 radical (unpaired) electrons. The lowest BCUT2D eigenvalue weighted by molar-refractivity contribution is 1.40. The quantitative estimate of drug-likeness (QED) is 0.222. The number of para-hydroxylation sites is 1. The molecule has 2 heteroatoms. The van der Waals surface area contributed by atoms with Gasteiger partial charge in [-0.25, -0.2) is 4.98 Å². The topological polar surface area (TPSA) is 25.8 Å². The van der Waals surface area contributed by atoms with E-state index in [-0.39, 0.29) is 0 Å². The van der Waals surface area contributed by atoms with Gasteiger partial charge in [0.1, 0.15) is 0 Å². The number of nitrogens with zero attached hydrogens (tertiary/aromatic N) is 2. The first-order valence-electron chi connectivity index (χ1n) is 13.6. The molecule has 0 atom stereocenters. The molecule has 2 aromatic heterocycles. The van der Waals surface area contributed by atoms with E-state index in [2.05, 4.69) is 127 Å². The molecule has 0 bridgehead atoms. The number of hydrogen-bond acceptors (Lipinski definition) is 2. The highest BCUT2D eigenvalue weighted by molar-refractivity contribution is 6.25. The molecule has 0 aliphatic carbocycles. The molecule has 0 saturated carbocycles. The number of benzene rings is 6. The lowest BCUT2D eigenvalue weighted by atomic mass is 9.89. The molecular weight excluding hydrogens is 484 g/mol. The van der Waals surface area contributed by atoms with Crippen molar-refractivity contribution in [3.8, 4) is 33.5 Å². The fourth-order valence-corrected chi connectivity index (χ4v) is 5.95. The van der Waals surface area contributed by atoms with Crippen molar-refractivity contribution in [1.82, 2.24) is 9.97 Å². The van der Waals surface area contributed by atoms with Crippen LogP contribution >= 0.6 is 0 Å². The van der Waals surface area contributed by atoms with Gasteiger partial charge in [-0.2, -0.15) is 0 Å². The lowest BCUT2D eigenvalue weighted by Crippen LogP contribution is -1.93. The maximum absolute atomic E-state index is 5.34. The van der Waals surface area contributed by atoms with Crippen LogP contribution in [0.15, 0.2) is 146 Å². The van der Waals surface area contributed by atoms with Crippen molar-refractivity contribution in [3.05, 3.63) is 146 Å². The Morgan fingerprint density at radius 2 is 1.10 bits per heavy atom. The predicted octanol–water partition coefficient (Wildman–Crippen LogP) is 10.1. The van der Waals surface area contributed by atoms with Crippen molar-refractivity contribution in [3.63, 3.8) is 0 Å². The minimum absolute atomic E-state index is 0.981. The Balaban J connectivity index is 1.47. The molecule has 0 fully saturated rings. The van der Waals surface area contributed by atoms with E-state index >= 15 is 0 Å². The molecule has 0 unspecified atom stereocenters. The molecule has 0 aliphatic rings. The third-order valence-electron chi connectivity index (χ3n) is 7.85. The van der Waals surface area contributed by atoms with Crippen LogP contribution in [0, 0.1) is 0 Å². The molecule has 0 saturated heterocycles. The zero-order chi connectivity index (χ0) is 26.5. The van der Waals surface area contributed by atoms with E-state index in [0.717, 1.165) is 49.6 Å². The summed E-state index contributed by atoms with van der Waals surface area (Å²) in [6.45, 7) is 0. The van der Waals surface area contributed by atoms with Gasteiger partial charge in [0.15, 0.2) is 0 Å². The second-order valence-electron chi connectivity index (χ2n) is 10.2. The zero-order valence-corrected chi connectivity index (χ0v) is 21.8. The molecule has 186 valence electrons. The van der Waals surface area contributed by atoms with Gasteiger partial charge >= 0.3 is 0 Å². The molecule has 0 spiro atoms. The summed E-state index contributed by atoms with van der Waals surface area (Å²) in [7, 11) is 0. The first-order chi connectivity index (χ1) is 19.8. The van der Waals surface area contributed by atoms with Gasteiger partial charge in [-0.15, -0.1) is 0 Å². The van der Waals surface area contributed by atoms with E-state index in [1.54, 1.807) is 0 Å². The Morgan fingerprint density at radius 1 is 0.400 bits per heavy atom. The van der Waals surface area contributed by atoms with Gasteiger partial charge in [0.2, 0.25) is 0 Å². The largest absolute Gasteiger partial charge is 0.256 e. The first kappa shape index (κ1) is 22.6. The Hall–Kier alpha value is -5.34. The van der Waals surface area contributed by atoms with Crippen molar-refractivity contribution in [2.24, 2.45) is 0 Å². The van der Waals surface area contributed by atoms with Crippen LogP contribution in [0.3, 0.4) is 0 Å². The average Bonchev–Trinajstić information content (AvgIpc) is 3.04. The van der Waals surface area contributed by atoms with Crippen molar-refractivity contribution >= 4 is 43.4 Å². The molecule has 0 amide bonds. The highest BCUT2D eigenvalue weighted by Crippen LogP contribution is 2.42. The SMILES string of the molecule is c1ccc(-c2cc3c(-c4ccccc4)nc4cc(-c5cnc6ccccc6c5)ccc4c3c3ccccc23)cc1. The summed E-state index contributed by atoms with van der Waals surface area (Å²) in [5.41, 5.74) is 8.73. The molecule has 8 rings (SSSR count). The average molecular weight is 509 g/mol. The van der Waals surface area contributed by atoms with Crippen LogP contribution in [-0.2, 0) is 0 Å². The third kappa shape index (κ3) is 3.65. The molecule has 6 aromatic carbocycles. The van der Waals surface area contributed by atoms with Gasteiger partial charge in [-0.05, 0) is 51.7 Å². The van der Waals surface area contributed by atoms with E-state index < -0.39 is 0 Å². The van der Waals surface area contributed by atoms with Crippen LogP contribution in [0.25, 0.3) is 76.9 Å². The van der Waals surface area contributed by atoms with E-state index in [1.165, 1.54) is 27.3 Å². The van der Waals surface area contributed by atoms with Gasteiger partial charge in [0, 0.05) is 38.9 Å². The van der Waals surface area contributed by atoms with E-state index in [1.807, 2.05) is 18.3 Å². The summed E-state index contributed by atoms with van der Waals surface area (Å²) in [5.74, 6) is 0. The van der Waals surface area contributed by atoms with E-state index in [9.17, 15) is 0 Å². The van der Waals surface area contributed by atoms with Crippen molar-refractivity contribution in [2.45, 2.75) is 0 Å². The Morgan fingerprint density at radius 3 is 1.93 bits per heavy atom. The highest BCUT2D eigenvalue weighted by atomic mass is 14.7. The summed E-state index contributed by atoms with van der Waals surface area (Å²) in [4.78, 5) is 10.1. The highest BCUT2D eigenvalue weighted by Gasteiger charge is 2.17. The van der Waals surface area contributed by atoms with Gasteiger partial charge in [0.05, 0.1) is 16.7 Å². The Bertz CT molecular complexity index is 2200. The number of rotatable bonds is 3. The number of aromatic nitrogens is 2. The number of fused-ring (bicyclic) bond motifs is 6. The van der Waals surface area contributed by atoms with Gasteiger partial charge in [-0.3, -0.25) is 4.98 Å². The van der Waals surface area contributed by atoms with Crippen LogP contribution in [0.1, 0.15) is 0 Å². The zero-order valence-electron chi connectivity index (χ0n) is 21.8. The van der Waals surface area contributed by atoms with Crippen LogP contribution in [0.2, 0.25) is 0 Å². The molecule has 8 aromatic rings. The summed E-state index contributed by atoms with van der Waals surface area (Å²) in [5, 5.41) is 7.18. The summed E-state index contributed by atoms with van der Waals surface area (Å²) in [6.07, 6.45) is 1.96. The normalized spacial score (nSPS) is 11.5. The van der Waals surface area contributed by atoms with E-state index in [4.69, 9.17) is 9.97 Å². The van der Waals surface area contributed by atoms with Crippen molar-refractivity contribution < 1.29 is 0 Å². The van der Waals surface area contributed by atoms with Gasteiger partial charge in [-0.1, -0.05) is 115 Å². The summed E-state index contributed by atoms with van der Waals surface area (Å²) in [6, 6.07) is 49.4. The maximum Gasteiger partial charge on any atom is 0.0788 e. The second-order valence-corrected chi connectivity index (χ2v) is 10.2. The van der Waals surface area contributed by atoms with Crippen LogP contribution < -0.4 is 0 Å². The fraction of sp³-hybridized carbons (Fsp3) is 0. The van der Waals surface area contributed by atoms with Crippen LogP contribution in [0.4, 0.5) is 0 Å². The standard InChI is InChI=1S/C38H24N2/c1-3-11-25(12-4-1)33-23-34-37(31-17-9-8-16-30(31)33)32-20-19-27(29-21-28-15-7-10-18-35(28)39-24-29)22-36(32)40-38(34)26-13-5-2-6-14-26/h1-24H. The van der Waals surface area contributed by atoms with Crippen LogP contribution in [-0.4, -0.2) is 9.97 Å². The van der Waals surface area contributed by atoms with Gasteiger partial charge < -0.3 is 0 Å². The molecular formula is C38H24N2. The Kier molecular flexibility index (Phi) is 5.17. The minimum Gasteiger partial charge on any atom is -0.256 e. The van der Waals surface area contributed by atoms with E-state index in [0.29, 0.717) is 0 Å². The number of hydrogen-bond donors (Lipinski definition) is 0. The lowest BCUT2D eigenvalue weighted by Gasteiger charge is -2.16. The van der Waals surface area contributed by atoms with Crippen molar-refractivity contribution in [1.29, 1.82) is 0 Å². The third-order valence-corrected chi connectivity index (χ3v) is 7.85. The Labute approximate surface area is 232 Å². The van der Waals surface area contributed by atoms with Crippen molar-refractivity contribution in [2.75, 3.05) is 0 Å². The second kappa shape index (κ2) is 9.14. The first-order valence-corrected chi connectivity index (χ1v) is 13.6.